The van der Waals surface area contributed by atoms with Crippen LogP contribution in [0.25, 0.3) is 11.1 Å². The van der Waals surface area contributed by atoms with Crippen LogP contribution in [0.2, 0.25) is 0 Å². The molecule has 3 aromatic carbocycles. The lowest BCUT2D eigenvalue weighted by atomic mass is 9.74. The minimum atomic E-state index is -3.80. The van der Waals surface area contributed by atoms with E-state index in [-0.39, 0.29) is 28.5 Å². The van der Waals surface area contributed by atoms with E-state index in [1.54, 1.807) is 35.7 Å². The van der Waals surface area contributed by atoms with E-state index in [1.807, 2.05) is 0 Å². The number of aryl methyl sites for hydroxylation is 1. The Morgan fingerprint density at radius 1 is 0.974 bits per heavy atom. The van der Waals surface area contributed by atoms with Crippen LogP contribution in [0.5, 0.6) is 0 Å². The average molecular weight is 530 g/mol. The molecule has 0 N–H and O–H groups in total. The lowest BCUT2D eigenvalue weighted by Gasteiger charge is -2.57. The van der Waals surface area contributed by atoms with Crippen molar-refractivity contribution in [2.75, 3.05) is 33.4 Å². The number of nitriles is 1. The molecule has 0 saturated carbocycles. The van der Waals surface area contributed by atoms with Gasteiger partial charge in [-0.25, -0.2) is 8.42 Å². The number of benzene rings is 3. The van der Waals surface area contributed by atoms with Crippen molar-refractivity contribution in [3.05, 3.63) is 89.0 Å². The summed E-state index contributed by atoms with van der Waals surface area (Å²) in [5.74, 6) is 0.157. The van der Waals surface area contributed by atoms with Gasteiger partial charge in [0.25, 0.3) is 0 Å². The van der Waals surface area contributed by atoms with Gasteiger partial charge in [0.2, 0.25) is 10.0 Å². The zero-order valence-corrected chi connectivity index (χ0v) is 23.1. The summed E-state index contributed by atoms with van der Waals surface area (Å²) in [6.07, 6.45) is 1.70. The summed E-state index contributed by atoms with van der Waals surface area (Å²) in [5.41, 5.74) is 6.37. The lowest BCUT2D eigenvalue weighted by molar-refractivity contribution is -0.0635. The largest absolute Gasteiger partial charge is 0.383 e. The molecular formula is C31H35N3O3S. The zero-order valence-electron chi connectivity index (χ0n) is 22.3. The van der Waals surface area contributed by atoms with Gasteiger partial charge in [-0.3, -0.25) is 4.90 Å². The Morgan fingerprint density at radius 2 is 1.71 bits per heavy atom. The van der Waals surface area contributed by atoms with Gasteiger partial charge in [0.05, 0.1) is 17.1 Å². The molecule has 198 valence electrons. The van der Waals surface area contributed by atoms with E-state index in [9.17, 15) is 13.7 Å². The molecule has 7 heteroatoms. The number of fused-ring (bicyclic) bond motifs is 1. The van der Waals surface area contributed by atoms with Crippen LogP contribution in [-0.2, 0) is 14.8 Å². The third-order valence-electron chi connectivity index (χ3n) is 8.32. The fourth-order valence-corrected chi connectivity index (χ4v) is 7.79. The molecule has 0 aromatic heterocycles. The second-order valence-electron chi connectivity index (χ2n) is 10.4. The Labute approximate surface area is 226 Å². The maximum atomic E-state index is 13.8. The summed E-state index contributed by atoms with van der Waals surface area (Å²) in [5, 5.41) is 9.55. The van der Waals surface area contributed by atoms with Gasteiger partial charge in [-0.2, -0.15) is 9.57 Å². The van der Waals surface area contributed by atoms with Crippen molar-refractivity contribution >= 4 is 10.0 Å². The predicted molar refractivity (Wildman–Crippen MR) is 149 cm³/mol. The van der Waals surface area contributed by atoms with Gasteiger partial charge < -0.3 is 4.74 Å². The van der Waals surface area contributed by atoms with E-state index in [2.05, 4.69) is 67.3 Å². The van der Waals surface area contributed by atoms with Crippen LogP contribution in [0.1, 0.15) is 41.0 Å². The number of methoxy groups -OCH3 is 1. The van der Waals surface area contributed by atoms with Crippen molar-refractivity contribution in [1.82, 2.24) is 9.21 Å². The number of hydrogen-bond acceptors (Lipinski definition) is 5. The molecule has 2 aliphatic heterocycles. The SMILES string of the molecule is COC[C@@H]1[C@@H](c2ccc(-c3cccc(C)c3C)cc2)C2CN(S(=O)(=O)c3ccccc3C#N)CCCCN21. The summed E-state index contributed by atoms with van der Waals surface area (Å²) >= 11 is 0. The van der Waals surface area contributed by atoms with Crippen molar-refractivity contribution in [2.45, 2.75) is 49.6 Å². The standard InChI is InChI=1S/C31H35N3O3S/c1-22-9-8-11-27(23(22)2)24-13-15-25(16-14-24)31-28-20-33(17-6-7-18-34(28)29(31)21-37-3)38(35,36)30-12-5-4-10-26(30)19-32/h4-5,8-16,28-29,31H,6-7,17-18,20-21H2,1-3H3/t28?,29-,31+/m1/s1. The summed E-state index contributed by atoms with van der Waals surface area (Å²) in [6, 6.07) is 24.0. The van der Waals surface area contributed by atoms with Crippen molar-refractivity contribution in [3.8, 4) is 17.2 Å². The predicted octanol–water partition coefficient (Wildman–Crippen LogP) is 5.11. The first-order chi connectivity index (χ1) is 18.4. The zero-order chi connectivity index (χ0) is 26.9. The van der Waals surface area contributed by atoms with E-state index in [4.69, 9.17) is 4.74 Å². The number of rotatable bonds is 6. The molecule has 1 unspecified atom stereocenters. The van der Waals surface area contributed by atoms with Crippen LogP contribution in [-0.4, -0.2) is 63.1 Å². The Balaban J connectivity index is 1.46. The van der Waals surface area contributed by atoms with Gasteiger partial charge in [0.15, 0.2) is 0 Å². The molecular weight excluding hydrogens is 494 g/mol. The third-order valence-corrected chi connectivity index (χ3v) is 10.2. The Bertz CT molecular complexity index is 1450. The molecule has 2 heterocycles. The highest BCUT2D eigenvalue weighted by molar-refractivity contribution is 7.89. The molecule has 2 aliphatic rings. The van der Waals surface area contributed by atoms with E-state index in [0.29, 0.717) is 19.7 Å². The molecule has 3 atom stereocenters. The van der Waals surface area contributed by atoms with Crippen LogP contribution in [0.15, 0.2) is 71.6 Å². The van der Waals surface area contributed by atoms with E-state index >= 15 is 0 Å². The van der Waals surface area contributed by atoms with E-state index in [1.165, 1.54) is 27.8 Å². The highest BCUT2D eigenvalue weighted by Crippen LogP contribution is 2.43. The third kappa shape index (κ3) is 4.78. The summed E-state index contributed by atoms with van der Waals surface area (Å²) in [7, 11) is -2.07. The molecule has 2 fully saturated rings. The minimum absolute atomic E-state index is 0.0472. The highest BCUT2D eigenvalue weighted by atomic mass is 32.2. The van der Waals surface area contributed by atoms with Gasteiger partial charge in [0.1, 0.15) is 6.07 Å². The van der Waals surface area contributed by atoms with Crippen molar-refractivity contribution in [3.63, 3.8) is 0 Å². The van der Waals surface area contributed by atoms with Crippen molar-refractivity contribution in [1.29, 1.82) is 5.26 Å². The molecule has 5 rings (SSSR count). The fourth-order valence-electron chi connectivity index (χ4n) is 6.15. The molecule has 0 amide bonds. The van der Waals surface area contributed by atoms with Gasteiger partial charge in [-0.05, 0) is 73.2 Å². The van der Waals surface area contributed by atoms with E-state index < -0.39 is 10.0 Å². The topological polar surface area (TPSA) is 73.6 Å². The summed E-state index contributed by atoms with van der Waals surface area (Å²) in [4.78, 5) is 2.52. The second-order valence-corrected chi connectivity index (χ2v) is 12.3. The Kier molecular flexibility index (Phi) is 7.69. The quantitative estimate of drug-likeness (QED) is 0.444. The monoisotopic (exact) mass is 529 g/mol. The van der Waals surface area contributed by atoms with Gasteiger partial charge in [0, 0.05) is 38.2 Å². The molecule has 2 saturated heterocycles. The van der Waals surface area contributed by atoms with Gasteiger partial charge in [-0.1, -0.05) is 54.6 Å². The van der Waals surface area contributed by atoms with E-state index in [0.717, 1.165) is 19.4 Å². The van der Waals surface area contributed by atoms with Crippen LogP contribution < -0.4 is 0 Å². The second kappa shape index (κ2) is 11.0. The first-order valence-corrected chi connectivity index (χ1v) is 14.7. The average Bonchev–Trinajstić information content (AvgIpc) is 2.91. The first-order valence-electron chi connectivity index (χ1n) is 13.3. The number of sulfonamides is 1. The lowest BCUT2D eigenvalue weighted by Crippen LogP contribution is -2.68. The number of hydrogen-bond donors (Lipinski definition) is 0. The minimum Gasteiger partial charge on any atom is -0.383 e. The maximum Gasteiger partial charge on any atom is 0.244 e. The summed E-state index contributed by atoms with van der Waals surface area (Å²) < 4.78 is 34.7. The van der Waals surface area contributed by atoms with Crippen molar-refractivity contribution < 1.29 is 13.2 Å². The normalized spacial score (nSPS) is 22.5. The molecule has 6 nitrogen and oxygen atoms in total. The van der Waals surface area contributed by atoms with Crippen LogP contribution in [0, 0.1) is 25.2 Å². The van der Waals surface area contributed by atoms with Crippen LogP contribution in [0.3, 0.4) is 0 Å². The molecule has 3 aromatic rings. The number of nitrogens with zero attached hydrogens (tertiary/aromatic N) is 3. The smallest absolute Gasteiger partial charge is 0.244 e. The van der Waals surface area contributed by atoms with Crippen LogP contribution in [0.4, 0.5) is 0 Å². The van der Waals surface area contributed by atoms with Crippen molar-refractivity contribution in [2.24, 2.45) is 0 Å². The molecule has 0 radical (unpaired) electrons. The molecule has 0 bridgehead atoms. The van der Waals surface area contributed by atoms with Gasteiger partial charge in [-0.15, -0.1) is 0 Å². The highest BCUT2D eigenvalue weighted by Gasteiger charge is 2.50. The molecule has 0 spiro atoms. The Hall–Kier alpha value is -3.02. The molecule has 0 aliphatic carbocycles. The first kappa shape index (κ1) is 26.6. The number of ether oxygens (including phenoxy) is 1. The fraction of sp³-hybridized carbons (Fsp3) is 0.387. The maximum absolute atomic E-state index is 13.8. The molecule has 38 heavy (non-hydrogen) atoms. The van der Waals surface area contributed by atoms with Gasteiger partial charge >= 0.3 is 0 Å². The van der Waals surface area contributed by atoms with Crippen LogP contribution >= 0.6 is 0 Å². The Morgan fingerprint density at radius 3 is 2.45 bits per heavy atom. The summed E-state index contributed by atoms with van der Waals surface area (Å²) in [6.45, 7) is 6.67.